The minimum absolute atomic E-state index is 0.205. The van der Waals surface area contributed by atoms with E-state index in [2.05, 4.69) is 10.2 Å². The number of aryl methyl sites for hydroxylation is 1. The van der Waals surface area contributed by atoms with Gasteiger partial charge in [0.15, 0.2) is 0 Å². The second kappa shape index (κ2) is 5.73. The number of ether oxygens (including phenoxy) is 1. The Morgan fingerprint density at radius 2 is 2.25 bits per heavy atom. The van der Waals surface area contributed by atoms with Gasteiger partial charge in [-0.15, -0.1) is 0 Å². The number of nitrogens with one attached hydrogen (secondary N) is 1. The van der Waals surface area contributed by atoms with Gasteiger partial charge < -0.3 is 9.64 Å². The number of methoxy groups -OCH3 is 1. The zero-order chi connectivity index (χ0) is 14.7. The molecule has 1 aromatic heterocycles. The second-order valence-corrected chi connectivity index (χ2v) is 4.53. The number of amides is 1. The Balaban J connectivity index is 2.22. The molecule has 106 valence electrons. The monoisotopic (exact) mass is 277 g/mol. The molecule has 0 aliphatic carbocycles. The van der Waals surface area contributed by atoms with Gasteiger partial charge in [-0.3, -0.25) is 9.89 Å². The molecule has 0 bridgehead atoms. The Kier molecular flexibility index (Phi) is 4.02. The SMILES string of the molecule is COc1ccc(F)cc1C(=O)N(C)Cc1cn[nH]c1C. The lowest BCUT2D eigenvalue weighted by molar-refractivity contribution is 0.0781. The normalized spacial score (nSPS) is 10.4. The summed E-state index contributed by atoms with van der Waals surface area (Å²) in [5, 5.41) is 6.72. The van der Waals surface area contributed by atoms with E-state index in [0.29, 0.717) is 12.3 Å². The van der Waals surface area contributed by atoms with Crippen LogP contribution in [0.5, 0.6) is 5.75 Å². The fourth-order valence-corrected chi connectivity index (χ4v) is 1.92. The Hall–Kier alpha value is -2.37. The molecular formula is C14H16FN3O2. The number of aromatic nitrogens is 2. The summed E-state index contributed by atoms with van der Waals surface area (Å²) in [5.41, 5.74) is 2.02. The van der Waals surface area contributed by atoms with Gasteiger partial charge in [0.25, 0.3) is 5.91 Å². The van der Waals surface area contributed by atoms with E-state index in [4.69, 9.17) is 4.74 Å². The zero-order valence-electron chi connectivity index (χ0n) is 11.6. The first-order valence-electron chi connectivity index (χ1n) is 6.10. The van der Waals surface area contributed by atoms with Crippen molar-refractivity contribution in [1.82, 2.24) is 15.1 Å². The highest BCUT2D eigenvalue weighted by molar-refractivity contribution is 5.96. The van der Waals surface area contributed by atoms with Gasteiger partial charge in [0.2, 0.25) is 0 Å². The van der Waals surface area contributed by atoms with E-state index in [0.717, 1.165) is 11.3 Å². The summed E-state index contributed by atoms with van der Waals surface area (Å²) in [6.45, 7) is 2.27. The molecule has 0 spiro atoms. The maximum Gasteiger partial charge on any atom is 0.257 e. The molecule has 20 heavy (non-hydrogen) atoms. The largest absolute Gasteiger partial charge is 0.496 e. The van der Waals surface area contributed by atoms with Crippen LogP contribution in [-0.4, -0.2) is 35.2 Å². The first-order chi connectivity index (χ1) is 9.52. The predicted octanol–water partition coefficient (Wildman–Crippen LogP) is 2.14. The van der Waals surface area contributed by atoms with Crippen LogP contribution in [0.2, 0.25) is 0 Å². The molecule has 0 atom stereocenters. The molecule has 0 aliphatic heterocycles. The fraction of sp³-hybridized carbons (Fsp3) is 0.286. The summed E-state index contributed by atoms with van der Waals surface area (Å²) in [4.78, 5) is 13.9. The van der Waals surface area contributed by atoms with Gasteiger partial charge in [-0.25, -0.2) is 4.39 Å². The number of H-pyrrole nitrogens is 1. The van der Waals surface area contributed by atoms with Crippen LogP contribution in [0.25, 0.3) is 0 Å². The molecule has 1 amide bonds. The summed E-state index contributed by atoms with van der Waals surface area (Å²) >= 11 is 0. The Morgan fingerprint density at radius 1 is 1.50 bits per heavy atom. The van der Waals surface area contributed by atoms with Gasteiger partial charge in [-0.2, -0.15) is 5.10 Å². The van der Waals surface area contributed by atoms with Crippen molar-refractivity contribution in [1.29, 1.82) is 0 Å². The van der Waals surface area contributed by atoms with Crippen molar-refractivity contribution < 1.29 is 13.9 Å². The number of halogens is 1. The molecule has 0 unspecified atom stereocenters. The lowest BCUT2D eigenvalue weighted by atomic mass is 10.1. The molecule has 0 saturated carbocycles. The molecule has 0 radical (unpaired) electrons. The van der Waals surface area contributed by atoms with Crippen LogP contribution < -0.4 is 4.74 Å². The summed E-state index contributed by atoms with van der Waals surface area (Å²) in [5.74, 6) is -0.420. The standard InChI is InChI=1S/C14H16FN3O2/c1-9-10(7-16-17-9)8-18(2)14(19)12-6-11(15)4-5-13(12)20-3/h4-7H,8H2,1-3H3,(H,16,17). The summed E-state index contributed by atoms with van der Waals surface area (Å²) in [6, 6.07) is 3.88. The minimum atomic E-state index is -0.470. The lowest BCUT2D eigenvalue weighted by Gasteiger charge is -2.18. The molecule has 0 saturated heterocycles. The van der Waals surface area contributed by atoms with Crippen LogP contribution >= 0.6 is 0 Å². The molecule has 1 aromatic carbocycles. The highest BCUT2D eigenvalue weighted by Crippen LogP contribution is 2.21. The average molecular weight is 277 g/mol. The number of hydrogen-bond acceptors (Lipinski definition) is 3. The van der Waals surface area contributed by atoms with Crippen LogP contribution in [-0.2, 0) is 6.54 Å². The smallest absolute Gasteiger partial charge is 0.257 e. The molecule has 6 heteroatoms. The van der Waals surface area contributed by atoms with Crippen LogP contribution in [0.3, 0.4) is 0 Å². The Morgan fingerprint density at radius 3 is 2.85 bits per heavy atom. The highest BCUT2D eigenvalue weighted by Gasteiger charge is 2.18. The van der Waals surface area contributed by atoms with Crippen molar-refractivity contribution in [3.05, 3.63) is 47.0 Å². The van der Waals surface area contributed by atoms with E-state index in [1.807, 2.05) is 6.92 Å². The van der Waals surface area contributed by atoms with E-state index in [-0.39, 0.29) is 11.5 Å². The molecule has 5 nitrogen and oxygen atoms in total. The van der Waals surface area contributed by atoms with Gasteiger partial charge in [0, 0.05) is 24.8 Å². The Labute approximate surface area is 116 Å². The maximum atomic E-state index is 13.3. The molecule has 1 heterocycles. The van der Waals surface area contributed by atoms with Crippen LogP contribution in [0.4, 0.5) is 4.39 Å². The number of carbonyl (C=O) groups excluding carboxylic acids is 1. The van der Waals surface area contributed by atoms with Crippen molar-refractivity contribution in [2.75, 3.05) is 14.2 Å². The van der Waals surface area contributed by atoms with Crippen molar-refractivity contribution in [3.63, 3.8) is 0 Å². The number of hydrogen-bond donors (Lipinski definition) is 1. The molecular weight excluding hydrogens is 261 g/mol. The topological polar surface area (TPSA) is 58.2 Å². The van der Waals surface area contributed by atoms with Gasteiger partial charge in [0.1, 0.15) is 11.6 Å². The summed E-state index contributed by atoms with van der Waals surface area (Å²) < 4.78 is 18.4. The third-order valence-electron chi connectivity index (χ3n) is 3.08. The molecule has 2 rings (SSSR count). The Bertz CT molecular complexity index is 625. The fourth-order valence-electron chi connectivity index (χ4n) is 1.92. The van der Waals surface area contributed by atoms with Crippen molar-refractivity contribution in [2.24, 2.45) is 0 Å². The summed E-state index contributed by atoms with van der Waals surface area (Å²) in [6.07, 6.45) is 1.67. The number of benzene rings is 1. The van der Waals surface area contributed by atoms with Gasteiger partial charge in [0.05, 0.1) is 18.9 Å². The van der Waals surface area contributed by atoms with Gasteiger partial charge in [-0.05, 0) is 25.1 Å². The average Bonchev–Trinajstić information content (AvgIpc) is 2.83. The molecule has 1 N–H and O–H groups in total. The number of aromatic amines is 1. The predicted molar refractivity (Wildman–Crippen MR) is 72.1 cm³/mol. The molecule has 2 aromatic rings. The lowest BCUT2D eigenvalue weighted by Crippen LogP contribution is -2.26. The molecule has 0 fully saturated rings. The first kappa shape index (κ1) is 14.0. The van der Waals surface area contributed by atoms with Crippen molar-refractivity contribution in [2.45, 2.75) is 13.5 Å². The van der Waals surface area contributed by atoms with E-state index >= 15 is 0 Å². The van der Waals surface area contributed by atoms with Crippen molar-refractivity contribution in [3.8, 4) is 5.75 Å². The quantitative estimate of drug-likeness (QED) is 0.931. The third kappa shape index (κ3) is 2.79. The number of carbonyl (C=O) groups is 1. The molecule has 0 aliphatic rings. The summed E-state index contributed by atoms with van der Waals surface area (Å²) in [7, 11) is 3.10. The first-order valence-corrected chi connectivity index (χ1v) is 6.10. The van der Waals surface area contributed by atoms with Crippen LogP contribution in [0, 0.1) is 12.7 Å². The number of nitrogens with zero attached hydrogens (tertiary/aromatic N) is 2. The van der Waals surface area contributed by atoms with E-state index < -0.39 is 5.82 Å². The van der Waals surface area contributed by atoms with E-state index in [9.17, 15) is 9.18 Å². The van der Waals surface area contributed by atoms with E-state index in [1.165, 1.54) is 30.2 Å². The third-order valence-corrected chi connectivity index (χ3v) is 3.08. The number of rotatable bonds is 4. The zero-order valence-corrected chi connectivity index (χ0v) is 11.6. The minimum Gasteiger partial charge on any atom is -0.496 e. The van der Waals surface area contributed by atoms with Gasteiger partial charge in [-0.1, -0.05) is 0 Å². The van der Waals surface area contributed by atoms with E-state index in [1.54, 1.807) is 13.2 Å². The maximum absolute atomic E-state index is 13.3. The van der Waals surface area contributed by atoms with Crippen LogP contribution in [0.15, 0.2) is 24.4 Å². The van der Waals surface area contributed by atoms with Crippen LogP contribution in [0.1, 0.15) is 21.6 Å². The van der Waals surface area contributed by atoms with Crippen molar-refractivity contribution >= 4 is 5.91 Å². The van der Waals surface area contributed by atoms with Gasteiger partial charge >= 0.3 is 0 Å². The second-order valence-electron chi connectivity index (χ2n) is 4.53. The highest BCUT2D eigenvalue weighted by atomic mass is 19.1.